The number of hydrogen-bond acceptors (Lipinski definition) is 3. The van der Waals surface area contributed by atoms with Crippen molar-refractivity contribution in [1.82, 2.24) is 9.80 Å². The number of carbonyl (C=O) groups is 1. The van der Waals surface area contributed by atoms with Crippen LogP contribution in [0.15, 0.2) is 18.2 Å². The molecule has 0 atom stereocenters. The van der Waals surface area contributed by atoms with Crippen molar-refractivity contribution in [3.05, 3.63) is 28.8 Å². The van der Waals surface area contributed by atoms with Crippen molar-refractivity contribution < 1.29 is 23.1 Å². The largest absolute Gasteiger partial charge is 0.508 e. The molecule has 0 radical (unpaired) electrons. The van der Waals surface area contributed by atoms with Crippen molar-refractivity contribution in [3.8, 4) is 5.75 Å². The number of aromatic hydroxyl groups is 1. The third kappa shape index (κ3) is 4.25. The minimum absolute atomic E-state index is 0.0848. The third-order valence-electron chi connectivity index (χ3n) is 3.24. The number of hydrogen-bond donors (Lipinski definition) is 1. The zero-order valence-corrected chi connectivity index (χ0v) is 11.8. The van der Waals surface area contributed by atoms with Crippen molar-refractivity contribution in [2.75, 3.05) is 32.7 Å². The predicted molar refractivity (Wildman–Crippen MR) is 71.5 cm³/mol. The minimum Gasteiger partial charge on any atom is -0.508 e. The van der Waals surface area contributed by atoms with E-state index < -0.39 is 12.7 Å². The first-order valence-electron chi connectivity index (χ1n) is 6.33. The Kier molecular flexibility index (Phi) is 4.63. The van der Waals surface area contributed by atoms with Gasteiger partial charge in [0.15, 0.2) is 0 Å². The van der Waals surface area contributed by atoms with Gasteiger partial charge in [0.2, 0.25) is 0 Å². The van der Waals surface area contributed by atoms with Gasteiger partial charge in [-0.3, -0.25) is 9.69 Å². The minimum atomic E-state index is -4.24. The molecule has 0 spiro atoms. The van der Waals surface area contributed by atoms with Crippen LogP contribution in [0, 0.1) is 0 Å². The van der Waals surface area contributed by atoms with Crippen LogP contribution in [0.5, 0.6) is 5.75 Å². The summed E-state index contributed by atoms with van der Waals surface area (Å²) in [6.07, 6.45) is -4.24. The van der Waals surface area contributed by atoms with Gasteiger partial charge in [-0.15, -0.1) is 0 Å². The number of rotatable bonds is 2. The molecule has 0 bridgehead atoms. The molecule has 21 heavy (non-hydrogen) atoms. The Morgan fingerprint density at radius 2 is 1.86 bits per heavy atom. The second-order valence-corrected chi connectivity index (χ2v) is 5.25. The lowest BCUT2D eigenvalue weighted by molar-refractivity contribution is -0.148. The number of phenolic OH excluding ortho intramolecular Hbond substituents is 1. The van der Waals surface area contributed by atoms with E-state index in [-0.39, 0.29) is 48.4 Å². The lowest BCUT2D eigenvalue weighted by Crippen LogP contribution is -2.50. The molecule has 1 aliphatic rings. The molecule has 1 heterocycles. The Hall–Kier alpha value is -1.47. The Balaban J connectivity index is 1.99. The second-order valence-electron chi connectivity index (χ2n) is 4.85. The number of phenols is 1. The standard InChI is InChI=1S/C13H14ClF3N2O2/c14-11-2-1-9(20)7-10(11)12(21)19-5-3-18(4-6-19)8-13(15,16)17/h1-2,7,20H,3-6,8H2. The van der Waals surface area contributed by atoms with E-state index in [0.717, 1.165) is 0 Å². The molecular weight excluding hydrogens is 309 g/mol. The van der Waals surface area contributed by atoms with E-state index in [9.17, 15) is 23.1 Å². The first-order chi connectivity index (χ1) is 9.76. The molecule has 1 saturated heterocycles. The summed E-state index contributed by atoms with van der Waals surface area (Å²) in [6, 6.07) is 4.02. The fraction of sp³-hybridized carbons (Fsp3) is 0.462. The zero-order valence-electron chi connectivity index (χ0n) is 11.0. The highest BCUT2D eigenvalue weighted by Gasteiger charge is 2.33. The van der Waals surface area contributed by atoms with Gasteiger partial charge in [-0.1, -0.05) is 11.6 Å². The van der Waals surface area contributed by atoms with E-state index in [4.69, 9.17) is 11.6 Å². The third-order valence-corrected chi connectivity index (χ3v) is 3.57. The number of amides is 1. The van der Waals surface area contributed by atoms with Crippen LogP contribution in [0.1, 0.15) is 10.4 Å². The summed E-state index contributed by atoms with van der Waals surface area (Å²) in [5.41, 5.74) is 0.154. The monoisotopic (exact) mass is 322 g/mol. The van der Waals surface area contributed by atoms with Gasteiger partial charge in [0.25, 0.3) is 5.91 Å². The van der Waals surface area contributed by atoms with Crippen molar-refractivity contribution in [1.29, 1.82) is 0 Å². The molecule has 1 aromatic rings. The molecule has 0 aliphatic carbocycles. The van der Waals surface area contributed by atoms with E-state index in [2.05, 4.69) is 0 Å². The van der Waals surface area contributed by atoms with E-state index in [1.165, 1.54) is 28.0 Å². The average molecular weight is 323 g/mol. The van der Waals surface area contributed by atoms with Crippen molar-refractivity contribution in [3.63, 3.8) is 0 Å². The number of piperazine rings is 1. The maximum atomic E-state index is 12.3. The highest BCUT2D eigenvalue weighted by atomic mass is 35.5. The van der Waals surface area contributed by atoms with Crippen molar-refractivity contribution in [2.45, 2.75) is 6.18 Å². The van der Waals surface area contributed by atoms with Crippen LogP contribution in [0.3, 0.4) is 0 Å². The summed E-state index contributed by atoms with van der Waals surface area (Å²) in [5.74, 6) is -0.471. The van der Waals surface area contributed by atoms with Gasteiger partial charge in [-0.2, -0.15) is 13.2 Å². The number of halogens is 4. The Morgan fingerprint density at radius 3 is 2.43 bits per heavy atom. The Morgan fingerprint density at radius 1 is 1.24 bits per heavy atom. The highest BCUT2D eigenvalue weighted by Crippen LogP contribution is 2.23. The lowest BCUT2D eigenvalue weighted by atomic mass is 10.1. The van der Waals surface area contributed by atoms with Crippen LogP contribution in [0.2, 0.25) is 5.02 Å². The van der Waals surface area contributed by atoms with E-state index in [0.29, 0.717) is 0 Å². The smallest absolute Gasteiger partial charge is 0.401 e. The summed E-state index contributed by atoms with van der Waals surface area (Å²) in [5, 5.41) is 9.60. The fourth-order valence-corrected chi connectivity index (χ4v) is 2.41. The summed E-state index contributed by atoms with van der Waals surface area (Å²) >= 11 is 5.91. The summed E-state index contributed by atoms with van der Waals surface area (Å²) in [6.45, 7) is -0.271. The molecule has 1 N–H and O–H groups in total. The molecule has 1 aromatic carbocycles. The van der Waals surface area contributed by atoms with Gasteiger partial charge < -0.3 is 10.0 Å². The van der Waals surface area contributed by atoms with Gasteiger partial charge in [-0.05, 0) is 18.2 Å². The topological polar surface area (TPSA) is 43.8 Å². The molecule has 0 unspecified atom stereocenters. The quantitative estimate of drug-likeness (QED) is 0.909. The first kappa shape index (κ1) is 15.9. The molecule has 1 fully saturated rings. The molecule has 8 heteroatoms. The van der Waals surface area contributed by atoms with E-state index in [1.54, 1.807) is 0 Å². The normalized spacial score (nSPS) is 17.0. The molecule has 4 nitrogen and oxygen atoms in total. The molecule has 1 amide bonds. The average Bonchev–Trinajstić information content (AvgIpc) is 2.40. The maximum Gasteiger partial charge on any atom is 0.401 e. The molecule has 2 rings (SSSR count). The molecule has 0 saturated carbocycles. The summed E-state index contributed by atoms with van der Waals surface area (Å²) in [4.78, 5) is 15.0. The van der Waals surface area contributed by atoms with Crippen LogP contribution in [-0.4, -0.2) is 59.7 Å². The number of carbonyl (C=O) groups excluding carboxylic acids is 1. The van der Waals surface area contributed by atoms with Crippen LogP contribution in [0.4, 0.5) is 13.2 Å². The van der Waals surface area contributed by atoms with Crippen LogP contribution < -0.4 is 0 Å². The van der Waals surface area contributed by atoms with Gasteiger partial charge in [0.05, 0.1) is 17.1 Å². The zero-order chi connectivity index (χ0) is 15.6. The van der Waals surface area contributed by atoms with Crippen LogP contribution >= 0.6 is 11.6 Å². The Bertz CT molecular complexity index is 529. The second kappa shape index (κ2) is 6.11. The lowest BCUT2D eigenvalue weighted by Gasteiger charge is -2.35. The van der Waals surface area contributed by atoms with Gasteiger partial charge >= 0.3 is 6.18 Å². The first-order valence-corrected chi connectivity index (χ1v) is 6.71. The molecule has 0 aromatic heterocycles. The number of nitrogens with zero attached hydrogens (tertiary/aromatic N) is 2. The molecular formula is C13H14ClF3N2O2. The predicted octanol–water partition coefficient (Wildman–Crippen LogP) is 2.37. The summed E-state index contributed by atoms with van der Waals surface area (Å²) < 4.78 is 36.9. The Labute approximate surface area is 124 Å². The van der Waals surface area contributed by atoms with E-state index >= 15 is 0 Å². The molecule has 1 aliphatic heterocycles. The number of benzene rings is 1. The maximum absolute atomic E-state index is 12.3. The van der Waals surface area contributed by atoms with Gasteiger partial charge in [-0.25, -0.2) is 0 Å². The summed E-state index contributed by atoms with van der Waals surface area (Å²) in [7, 11) is 0. The van der Waals surface area contributed by atoms with Gasteiger partial charge in [0.1, 0.15) is 5.75 Å². The van der Waals surface area contributed by atoms with Crippen LogP contribution in [0.25, 0.3) is 0 Å². The SMILES string of the molecule is O=C(c1cc(O)ccc1Cl)N1CCN(CC(F)(F)F)CC1. The van der Waals surface area contributed by atoms with Crippen molar-refractivity contribution >= 4 is 17.5 Å². The fourth-order valence-electron chi connectivity index (χ4n) is 2.21. The van der Waals surface area contributed by atoms with E-state index in [1.807, 2.05) is 0 Å². The highest BCUT2D eigenvalue weighted by molar-refractivity contribution is 6.33. The number of alkyl halides is 3. The van der Waals surface area contributed by atoms with Gasteiger partial charge in [0, 0.05) is 26.2 Å². The van der Waals surface area contributed by atoms with Crippen molar-refractivity contribution in [2.24, 2.45) is 0 Å². The molecule has 116 valence electrons. The van der Waals surface area contributed by atoms with Crippen LogP contribution in [-0.2, 0) is 0 Å².